The predicted octanol–water partition coefficient (Wildman–Crippen LogP) is 4.05. The highest BCUT2D eigenvalue weighted by molar-refractivity contribution is 6.35. The zero-order valence-corrected chi connectivity index (χ0v) is 19.9. The molecule has 3 rings (SSSR count). The van der Waals surface area contributed by atoms with Gasteiger partial charge in [0.2, 0.25) is 0 Å². The fourth-order valence-corrected chi connectivity index (χ4v) is 3.74. The van der Waals surface area contributed by atoms with Crippen LogP contribution in [0.3, 0.4) is 0 Å². The molecule has 0 saturated carbocycles. The summed E-state index contributed by atoms with van der Waals surface area (Å²) in [5.74, 6) is -1.76. The maximum Gasteiger partial charge on any atom is 0.309 e. The standard InChI is InChI=1S/C28H30N4O3/c1-19(29)10-7-8-17-30-27(34)28(35)31-18-22-12-4-6-15-25(22)26(33)32-20(2)23-16-9-13-21-11-3-5-14-24(21)23/h3-7,9-16,20,29H,8,17-18H2,1-2H3,(H,30,34)(H,31,35)(H,32,33)/b10-7+,29-19?/t20-/m1/s1. The summed E-state index contributed by atoms with van der Waals surface area (Å²) in [6, 6.07) is 20.8. The fraction of sp³-hybridized carbons (Fsp3) is 0.214. The molecule has 0 spiro atoms. The van der Waals surface area contributed by atoms with E-state index in [0.717, 1.165) is 16.3 Å². The van der Waals surface area contributed by atoms with Gasteiger partial charge < -0.3 is 21.4 Å². The molecule has 0 aliphatic rings. The van der Waals surface area contributed by atoms with E-state index in [0.29, 0.717) is 29.8 Å². The van der Waals surface area contributed by atoms with E-state index in [1.54, 1.807) is 43.3 Å². The third-order valence-electron chi connectivity index (χ3n) is 5.51. The van der Waals surface area contributed by atoms with Gasteiger partial charge in [-0.1, -0.05) is 66.7 Å². The number of amides is 3. The molecule has 0 aliphatic carbocycles. The Balaban J connectivity index is 1.60. The van der Waals surface area contributed by atoms with E-state index in [1.807, 2.05) is 49.4 Å². The molecule has 0 saturated heterocycles. The Labute approximate surface area is 205 Å². The summed E-state index contributed by atoms with van der Waals surface area (Å²) in [4.78, 5) is 37.3. The van der Waals surface area contributed by atoms with Crippen LogP contribution in [0.2, 0.25) is 0 Å². The van der Waals surface area contributed by atoms with Crippen LogP contribution in [-0.2, 0) is 16.1 Å². The number of hydrogen-bond acceptors (Lipinski definition) is 4. The Morgan fingerprint density at radius 1 is 0.914 bits per heavy atom. The van der Waals surface area contributed by atoms with E-state index in [1.165, 1.54) is 0 Å². The van der Waals surface area contributed by atoms with Crippen LogP contribution in [-0.4, -0.2) is 30.0 Å². The number of hydrogen-bond donors (Lipinski definition) is 4. The lowest BCUT2D eigenvalue weighted by Gasteiger charge is -2.18. The van der Waals surface area contributed by atoms with Gasteiger partial charge in [0.25, 0.3) is 5.91 Å². The quantitative estimate of drug-likeness (QED) is 0.215. The lowest BCUT2D eigenvalue weighted by atomic mass is 9.99. The third-order valence-corrected chi connectivity index (χ3v) is 5.51. The number of benzene rings is 3. The highest BCUT2D eigenvalue weighted by atomic mass is 16.2. The van der Waals surface area contributed by atoms with Crippen molar-refractivity contribution in [2.45, 2.75) is 32.9 Å². The van der Waals surface area contributed by atoms with Crippen LogP contribution in [0, 0.1) is 5.41 Å². The second kappa shape index (κ2) is 12.3. The molecule has 3 aromatic rings. The number of carbonyl (C=O) groups excluding carboxylic acids is 3. The van der Waals surface area contributed by atoms with Crippen LogP contribution < -0.4 is 16.0 Å². The van der Waals surface area contributed by atoms with E-state index in [9.17, 15) is 14.4 Å². The summed E-state index contributed by atoms with van der Waals surface area (Å²) in [7, 11) is 0. The van der Waals surface area contributed by atoms with Crippen LogP contribution in [0.15, 0.2) is 78.9 Å². The molecule has 0 aromatic heterocycles. The summed E-state index contributed by atoms with van der Waals surface area (Å²) in [5, 5.41) is 17.7. The third kappa shape index (κ3) is 7.11. The molecule has 7 nitrogen and oxygen atoms in total. The smallest absolute Gasteiger partial charge is 0.309 e. The van der Waals surface area contributed by atoms with Crippen molar-refractivity contribution in [3.63, 3.8) is 0 Å². The average Bonchev–Trinajstić information content (AvgIpc) is 2.86. The van der Waals surface area contributed by atoms with Gasteiger partial charge in [-0.25, -0.2) is 0 Å². The van der Waals surface area contributed by atoms with Gasteiger partial charge in [-0.15, -0.1) is 0 Å². The lowest BCUT2D eigenvalue weighted by molar-refractivity contribution is -0.139. The SMILES string of the molecule is CC(=N)/C=C/CCNC(=O)C(=O)NCc1ccccc1C(=O)N[C@H](C)c1cccc2ccccc12. The number of rotatable bonds is 9. The second-order valence-electron chi connectivity index (χ2n) is 8.23. The molecule has 0 fully saturated rings. The maximum absolute atomic E-state index is 13.1. The van der Waals surface area contributed by atoms with Crippen LogP contribution in [0.1, 0.15) is 47.8 Å². The number of carbonyl (C=O) groups is 3. The van der Waals surface area contributed by atoms with Crippen molar-refractivity contribution in [2.75, 3.05) is 6.54 Å². The topological polar surface area (TPSA) is 111 Å². The Hall–Kier alpha value is -4.26. The molecule has 0 bridgehead atoms. The van der Waals surface area contributed by atoms with Crippen LogP contribution in [0.25, 0.3) is 10.8 Å². The van der Waals surface area contributed by atoms with E-state index < -0.39 is 11.8 Å². The summed E-state index contributed by atoms with van der Waals surface area (Å²) >= 11 is 0. The van der Waals surface area contributed by atoms with Crippen LogP contribution in [0.4, 0.5) is 0 Å². The van der Waals surface area contributed by atoms with Gasteiger partial charge in [-0.3, -0.25) is 14.4 Å². The molecule has 1 atom stereocenters. The Morgan fingerprint density at radius 3 is 2.40 bits per heavy atom. The first kappa shape index (κ1) is 25.4. The van der Waals surface area contributed by atoms with Crippen molar-refractivity contribution in [3.05, 3.63) is 95.6 Å². The summed E-state index contributed by atoms with van der Waals surface area (Å²) < 4.78 is 0. The highest BCUT2D eigenvalue weighted by Gasteiger charge is 2.18. The molecule has 0 unspecified atom stereocenters. The molecule has 3 aromatic carbocycles. The predicted molar refractivity (Wildman–Crippen MR) is 138 cm³/mol. The molecule has 35 heavy (non-hydrogen) atoms. The number of nitrogens with one attached hydrogen (secondary N) is 4. The molecular formula is C28H30N4O3. The largest absolute Gasteiger partial charge is 0.348 e. The minimum atomic E-state index is -0.767. The van der Waals surface area contributed by atoms with Crippen molar-refractivity contribution in [2.24, 2.45) is 0 Å². The molecular weight excluding hydrogens is 440 g/mol. The Bertz CT molecular complexity index is 1260. The molecule has 0 aliphatic heterocycles. The maximum atomic E-state index is 13.1. The van der Waals surface area contributed by atoms with Gasteiger partial charge in [0.15, 0.2) is 0 Å². The van der Waals surface area contributed by atoms with Gasteiger partial charge in [0.05, 0.1) is 6.04 Å². The van der Waals surface area contributed by atoms with Crippen molar-refractivity contribution in [1.82, 2.24) is 16.0 Å². The van der Waals surface area contributed by atoms with Crippen molar-refractivity contribution < 1.29 is 14.4 Å². The molecule has 0 radical (unpaired) electrons. The molecule has 0 heterocycles. The Kier molecular flexibility index (Phi) is 8.89. The summed E-state index contributed by atoms with van der Waals surface area (Å²) in [5.41, 5.74) is 2.49. The fourth-order valence-electron chi connectivity index (χ4n) is 3.74. The zero-order valence-electron chi connectivity index (χ0n) is 19.9. The molecule has 7 heteroatoms. The van der Waals surface area contributed by atoms with E-state index in [-0.39, 0.29) is 18.5 Å². The molecule has 180 valence electrons. The van der Waals surface area contributed by atoms with Crippen LogP contribution >= 0.6 is 0 Å². The van der Waals surface area contributed by atoms with Crippen molar-refractivity contribution in [3.8, 4) is 0 Å². The van der Waals surface area contributed by atoms with Gasteiger partial charge in [-0.05, 0) is 54.3 Å². The van der Waals surface area contributed by atoms with E-state index >= 15 is 0 Å². The van der Waals surface area contributed by atoms with Gasteiger partial charge in [0, 0.05) is 24.4 Å². The highest BCUT2D eigenvalue weighted by Crippen LogP contribution is 2.24. The molecule has 4 N–H and O–H groups in total. The first-order valence-electron chi connectivity index (χ1n) is 11.5. The first-order chi connectivity index (χ1) is 16.9. The van der Waals surface area contributed by atoms with Gasteiger partial charge >= 0.3 is 11.8 Å². The number of fused-ring (bicyclic) bond motifs is 1. The normalized spacial score (nSPS) is 11.7. The monoisotopic (exact) mass is 470 g/mol. The molecule has 3 amide bonds. The van der Waals surface area contributed by atoms with Crippen molar-refractivity contribution >= 4 is 34.2 Å². The second-order valence-corrected chi connectivity index (χ2v) is 8.23. The number of allylic oxidation sites excluding steroid dienone is 1. The summed E-state index contributed by atoms with van der Waals surface area (Å²) in [6.07, 6.45) is 3.91. The first-order valence-corrected chi connectivity index (χ1v) is 11.5. The Morgan fingerprint density at radius 2 is 1.60 bits per heavy atom. The lowest BCUT2D eigenvalue weighted by Crippen LogP contribution is -2.40. The van der Waals surface area contributed by atoms with Crippen molar-refractivity contribution in [1.29, 1.82) is 5.41 Å². The van der Waals surface area contributed by atoms with Gasteiger partial charge in [-0.2, -0.15) is 0 Å². The van der Waals surface area contributed by atoms with E-state index in [4.69, 9.17) is 5.41 Å². The minimum Gasteiger partial charge on any atom is -0.348 e. The van der Waals surface area contributed by atoms with Crippen LogP contribution in [0.5, 0.6) is 0 Å². The minimum absolute atomic E-state index is 0.0470. The summed E-state index contributed by atoms with van der Waals surface area (Å²) in [6.45, 7) is 3.93. The average molecular weight is 471 g/mol. The van der Waals surface area contributed by atoms with Gasteiger partial charge in [0.1, 0.15) is 0 Å². The zero-order chi connectivity index (χ0) is 25.2. The van der Waals surface area contributed by atoms with E-state index in [2.05, 4.69) is 16.0 Å².